The summed E-state index contributed by atoms with van der Waals surface area (Å²) in [6, 6.07) is 4.98. The van der Waals surface area contributed by atoms with Crippen molar-refractivity contribution in [1.29, 1.82) is 0 Å². The van der Waals surface area contributed by atoms with Crippen LogP contribution in [-0.4, -0.2) is 39.1 Å². The Labute approximate surface area is 112 Å². The first-order valence-corrected chi connectivity index (χ1v) is 6.44. The van der Waals surface area contributed by atoms with Crippen LogP contribution in [0.25, 0.3) is 0 Å². The van der Waals surface area contributed by atoms with Gasteiger partial charge in [0.2, 0.25) is 0 Å². The first-order chi connectivity index (χ1) is 9.19. The highest BCUT2D eigenvalue weighted by Gasteiger charge is 2.42. The standard InChI is InChI=1S/C14H20FNO3/c1-4-19-13-8-11(14(13)18-3)16-9-5-6-12(17-2)10(15)7-9/h5-7,11,13-14,16H,4,8H2,1-3H3. The molecule has 106 valence electrons. The summed E-state index contributed by atoms with van der Waals surface area (Å²) in [5.74, 6) is -0.128. The molecule has 0 amide bonds. The Bertz CT molecular complexity index is 427. The van der Waals surface area contributed by atoms with E-state index in [0.29, 0.717) is 6.61 Å². The summed E-state index contributed by atoms with van der Waals surface area (Å²) in [5.41, 5.74) is 0.722. The van der Waals surface area contributed by atoms with E-state index in [1.54, 1.807) is 19.2 Å². The molecule has 0 aliphatic heterocycles. The molecule has 0 radical (unpaired) electrons. The lowest BCUT2D eigenvalue weighted by molar-refractivity contribution is -0.118. The van der Waals surface area contributed by atoms with Gasteiger partial charge in [-0.25, -0.2) is 4.39 Å². The normalized spacial score (nSPS) is 25.8. The number of hydrogen-bond donors (Lipinski definition) is 1. The Kier molecular flexibility index (Phi) is 4.61. The van der Waals surface area contributed by atoms with Crippen molar-refractivity contribution in [1.82, 2.24) is 0 Å². The minimum Gasteiger partial charge on any atom is -0.494 e. The summed E-state index contributed by atoms with van der Waals surface area (Å²) in [6.45, 7) is 2.64. The molecule has 0 spiro atoms. The molecule has 1 saturated carbocycles. The van der Waals surface area contributed by atoms with Gasteiger partial charge in [-0.2, -0.15) is 0 Å². The Morgan fingerprint density at radius 3 is 2.74 bits per heavy atom. The molecule has 0 bridgehead atoms. The number of rotatable bonds is 6. The monoisotopic (exact) mass is 269 g/mol. The van der Waals surface area contributed by atoms with Crippen LogP contribution in [-0.2, 0) is 9.47 Å². The molecule has 1 N–H and O–H groups in total. The Morgan fingerprint density at radius 2 is 2.16 bits per heavy atom. The van der Waals surface area contributed by atoms with Crippen molar-refractivity contribution in [3.8, 4) is 5.75 Å². The highest BCUT2D eigenvalue weighted by atomic mass is 19.1. The maximum atomic E-state index is 13.6. The fourth-order valence-electron chi connectivity index (χ4n) is 2.39. The third-order valence-electron chi connectivity index (χ3n) is 3.41. The van der Waals surface area contributed by atoms with Gasteiger partial charge in [0.25, 0.3) is 0 Å². The Morgan fingerprint density at radius 1 is 1.37 bits per heavy atom. The van der Waals surface area contributed by atoms with Crippen molar-refractivity contribution in [2.75, 3.05) is 26.1 Å². The third-order valence-corrected chi connectivity index (χ3v) is 3.41. The van der Waals surface area contributed by atoms with Gasteiger partial charge in [0.15, 0.2) is 11.6 Å². The first kappa shape index (κ1) is 14.1. The molecule has 3 atom stereocenters. The van der Waals surface area contributed by atoms with Crippen LogP contribution in [0.1, 0.15) is 13.3 Å². The van der Waals surface area contributed by atoms with E-state index in [1.165, 1.54) is 13.2 Å². The molecule has 1 aromatic rings. The SMILES string of the molecule is CCOC1CC(Nc2ccc(OC)c(F)c2)C1OC. The van der Waals surface area contributed by atoms with E-state index in [1.807, 2.05) is 6.92 Å². The van der Waals surface area contributed by atoms with E-state index in [-0.39, 0.29) is 29.8 Å². The molecule has 1 aliphatic carbocycles. The second-order valence-electron chi connectivity index (χ2n) is 4.53. The minimum absolute atomic E-state index is 0.00473. The number of hydrogen-bond acceptors (Lipinski definition) is 4. The average molecular weight is 269 g/mol. The summed E-state index contributed by atoms with van der Waals surface area (Å²) >= 11 is 0. The zero-order valence-corrected chi connectivity index (χ0v) is 11.5. The summed E-state index contributed by atoms with van der Waals surface area (Å²) in [4.78, 5) is 0. The van der Waals surface area contributed by atoms with Crippen molar-refractivity contribution in [3.05, 3.63) is 24.0 Å². The number of nitrogens with one attached hydrogen (secondary N) is 1. The van der Waals surface area contributed by atoms with Gasteiger partial charge >= 0.3 is 0 Å². The summed E-state index contributed by atoms with van der Waals surface area (Å²) in [7, 11) is 3.12. The van der Waals surface area contributed by atoms with Crippen LogP contribution < -0.4 is 10.1 Å². The fraction of sp³-hybridized carbons (Fsp3) is 0.571. The average Bonchev–Trinajstić information content (AvgIpc) is 2.38. The van der Waals surface area contributed by atoms with Crippen LogP contribution in [0.4, 0.5) is 10.1 Å². The predicted molar refractivity (Wildman–Crippen MR) is 71.2 cm³/mol. The molecule has 19 heavy (non-hydrogen) atoms. The molecule has 1 fully saturated rings. The molecular formula is C14H20FNO3. The molecule has 4 nitrogen and oxygen atoms in total. The zero-order chi connectivity index (χ0) is 13.8. The van der Waals surface area contributed by atoms with E-state index >= 15 is 0 Å². The molecular weight excluding hydrogens is 249 g/mol. The van der Waals surface area contributed by atoms with Crippen molar-refractivity contribution in [3.63, 3.8) is 0 Å². The second-order valence-corrected chi connectivity index (χ2v) is 4.53. The molecule has 3 unspecified atom stereocenters. The van der Waals surface area contributed by atoms with Gasteiger partial charge in [0.05, 0.1) is 19.3 Å². The van der Waals surface area contributed by atoms with Crippen LogP contribution in [0.3, 0.4) is 0 Å². The quantitative estimate of drug-likeness (QED) is 0.861. The van der Waals surface area contributed by atoms with Gasteiger partial charge in [-0.05, 0) is 25.5 Å². The second kappa shape index (κ2) is 6.21. The summed E-state index contributed by atoms with van der Waals surface area (Å²) in [6.07, 6.45) is 0.987. The third kappa shape index (κ3) is 2.98. The van der Waals surface area contributed by atoms with Gasteiger partial charge in [-0.15, -0.1) is 0 Å². The smallest absolute Gasteiger partial charge is 0.167 e. The van der Waals surface area contributed by atoms with Crippen molar-refractivity contribution < 1.29 is 18.6 Å². The van der Waals surface area contributed by atoms with Crippen LogP contribution in [0.5, 0.6) is 5.75 Å². The molecule has 0 aromatic heterocycles. The molecule has 5 heteroatoms. The lowest BCUT2D eigenvalue weighted by Crippen LogP contribution is -2.56. The number of halogens is 1. The molecule has 0 heterocycles. The van der Waals surface area contributed by atoms with Crippen molar-refractivity contribution in [2.45, 2.75) is 31.6 Å². The highest BCUT2D eigenvalue weighted by molar-refractivity contribution is 5.48. The first-order valence-electron chi connectivity index (χ1n) is 6.44. The van der Waals surface area contributed by atoms with Gasteiger partial charge in [0.1, 0.15) is 6.10 Å². The van der Waals surface area contributed by atoms with Gasteiger partial charge in [-0.3, -0.25) is 0 Å². The number of methoxy groups -OCH3 is 2. The van der Waals surface area contributed by atoms with Gasteiger partial charge in [-0.1, -0.05) is 0 Å². The van der Waals surface area contributed by atoms with Crippen LogP contribution in [0, 0.1) is 5.82 Å². The van der Waals surface area contributed by atoms with E-state index < -0.39 is 0 Å². The molecule has 1 aliphatic rings. The maximum absolute atomic E-state index is 13.6. The molecule has 2 rings (SSSR count). The van der Waals surface area contributed by atoms with E-state index in [4.69, 9.17) is 14.2 Å². The zero-order valence-electron chi connectivity index (χ0n) is 11.5. The van der Waals surface area contributed by atoms with Crippen LogP contribution in [0.2, 0.25) is 0 Å². The molecule has 1 aromatic carbocycles. The number of anilines is 1. The van der Waals surface area contributed by atoms with Crippen molar-refractivity contribution in [2.24, 2.45) is 0 Å². The Hall–Kier alpha value is -1.33. The van der Waals surface area contributed by atoms with Gasteiger partial charge < -0.3 is 19.5 Å². The highest BCUT2D eigenvalue weighted by Crippen LogP contribution is 2.31. The summed E-state index contributed by atoms with van der Waals surface area (Å²) < 4.78 is 29.4. The van der Waals surface area contributed by atoms with E-state index in [0.717, 1.165) is 12.1 Å². The van der Waals surface area contributed by atoms with Crippen LogP contribution in [0.15, 0.2) is 18.2 Å². The van der Waals surface area contributed by atoms with E-state index in [9.17, 15) is 4.39 Å². The largest absolute Gasteiger partial charge is 0.494 e. The fourth-order valence-corrected chi connectivity index (χ4v) is 2.39. The lowest BCUT2D eigenvalue weighted by Gasteiger charge is -2.43. The van der Waals surface area contributed by atoms with Crippen molar-refractivity contribution >= 4 is 5.69 Å². The van der Waals surface area contributed by atoms with Gasteiger partial charge in [0, 0.05) is 25.5 Å². The lowest BCUT2D eigenvalue weighted by atomic mass is 9.85. The number of benzene rings is 1. The molecule has 0 saturated heterocycles. The minimum atomic E-state index is -0.373. The topological polar surface area (TPSA) is 39.7 Å². The predicted octanol–water partition coefficient (Wildman–Crippen LogP) is 2.44. The number of ether oxygens (including phenoxy) is 3. The summed E-state index contributed by atoms with van der Waals surface area (Å²) in [5, 5.41) is 3.26. The van der Waals surface area contributed by atoms with Crippen LogP contribution >= 0.6 is 0 Å². The maximum Gasteiger partial charge on any atom is 0.167 e. The van der Waals surface area contributed by atoms with E-state index in [2.05, 4.69) is 5.32 Å². The Balaban J connectivity index is 1.96.